The second kappa shape index (κ2) is 7.22. The first-order valence-corrected chi connectivity index (χ1v) is 7.64. The maximum atomic E-state index is 4.49. The molecule has 0 aromatic carbocycles. The molecule has 1 aliphatic rings. The second-order valence-electron chi connectivity index (χ2n) is 4.92. The molecule has 2 heterocycles. The van der Waals surface area contributed by atoms with Crippen LogP contribution < -0.4 is 5.32 Å². The van der Waals surface area contributed by atoms with Crippen molar-refractivity contribution in [2.45, 2.75) is 38.8 Å². The highest BCUT2D eigenvalue weighted by Crippen LogP contribution is 2.16. The fourth-order valence-electron chi connectivity index (χ4n) is 2.56. The predicted octanol–water partition coefficient (Wildman–Crippen LogP) is 2.81. The Morgan fingerprint density at radius 1 is 1.39 bits per heavy atom. The molecular weight excluding hydrogens is 290 g/mol. The highest BCUT2D eigenvalue weighted by atomic mass is 79.9. The molecule has 0 saturated carbocycles. The van der Waals surface area contributed by atoms with Crippen LogP contribution >= 0.6 is 15.9 Å². The van der Waals surface area contributed by atoms with Crippen LogP contribution in [0, 0.1) is 0 Å². The molecule has 3 nitrogen and oxygen atoms in total. The van der Waals surface area contributed by atoms with Crippen LogP contribution in [0.1, 0.15) is 31.9 Å². The van der Waals surface area contributed by atoms with E-state index >= 15 is 0 Å². The Bertz CT molecular complexity index is 347. The van der Waals surface area contributed by atoms with Crippen LogP contribution in [0.15, 0.2) is 22.8 Å². The lowest BCUT2D eigenvalue weighted by Crippen LogP contribution is -2.43. The number of piperidine rings is 1. The highest BCUT2D eigenvalue weighted by Gasteiger charge is 2.20. The normalized spacial score (nSPS) is 17.3. The first kappa shape index (κ1) is 14.0. The van der Waals surface area contributed by atoms with E-state index in [9.17, 15) is 0 Å². The molecule has 1 aromatic heterocycles. The summed E-state index contributed by atoms with van der Waals surface area (Å²) >= 11 is 3.43. The molecule has 0 unspecified atom stereocenters. The maximum Gasteiger partial charge on any atom is 0.0544 e. The number of hydrogen-bond acceptors (Lipinski definition) is 3. The van der Waals surface area contributed by atoms with Crippen molar-refractivity contribution in [2.24, 2.45) is 0 Å². The third-order valence-electron chi connectivity index (χ3n) is 3.49. The van der Waals surface area contributed by atoms with Gasteiger partial charge in [-0.15, -0.1) is 0 Å². The lowest BCUT2D eigenvalue weighted by molar-refractivity contribution is 0.152. The van der Waals surface area contributed by atoms with Crippen molar-refractivity contribution in [1.29, 1.82) is 0 Å². The van der Waals surface area contributed by atoms with Gasteiger partial charge in [0.1, 0.15) is 0 Å². The second-order valence-corrected chi connectivity index (χ2v) is 5.84. The largest absolute Gasteiger partial charge is 0.317 e. The molecule has 0 atom stereocenters. The number of pyridine rings is 1. The van der Waals surface area contributed by atoms with Gasteiger partial charge in [-0.1, -0.05) is 6.92 Å². The van der Waals surface area contributed by atoms with Crippen molar-refractivity contribution in [3.8, 4) is 0 Å². The molecule has 1 saturated heterocycles. The fraction of sp³-hybridized carbons (Fsp3) is 0.643. The van der Waals surface area contributed by atoms with Crippen molar-refractivity contribution in [2.75, 3.05) is 19.6 Å². The van der Waals surface area contributed by atoms with E-state index in [2.05, 4.69) is 50.2 Å². The molecule has 2 rings (SSSR count). The van der Waals surface area contributed by atoms with Crippen LogP contribution in [0.25, 0.3) is 0 Å². The van der Waals surface area contributed by atoms with Crippen LogP contribution in [0.3, 0.4) is 0 Å². The number of nitrogens with zero attached hydrogens (tertiary/aromatic N) is 2. The third-order valence-corrected chi connectivity index (χ3v) is 3.96. The quantitative estimate of drug-likeness (QED) is 0.906. The van der Waals surface area contributed by atoms with Crippen molar-refractivity contribution < 1.29 is 0 Å². The van der Waals surface area contributed by atoms with E-state index in [4.69, 9.17) is 0 Å². The Hall–Kier alpha value is -0.450. The summed E-state index contributed by atoms with van der Waals surface area (Å²) in [7, 11) is 0. The minimum Gasteiger partial charge on any atom is -0.317 e. The maximum absolute atomic E-state index is 4.49. The summed E-state index contributed by atoms with van der Waals surface area (Å²) in [6, 6.07) is 4.92. The molecule has 1 fully saturated rings. The smallest absolute Gasteiger partial charge is 0.0544 e. The Morgan fingerprint density at radius 3 is 2.78 bits per heavy atom. The summed E-state index contributed by atoms with van der Waals surface area (Å²) in [4.78, 5) is 7.09. The average Bonchev–Trinajstić information content (AvgIpc) is 2.42. The molecule has 0 aliphatic carbocycles. The zero-order valence-corrected chi connectivity index (χ0v) is 12.6. The Kier molecular flexibility index (Phi) is 5.60. The predicted molar refractivity (Wildman–Crippen MR) is 78.5 cm³/mol. The van der Waals surface area contributed by atoms with E-state index in [1.54, 1.807) is 0 Å². The molecule has 0 spiro atoms. The van der Waals surface area contributed by atoms with Gasteiger partial charge in [0.2, 0.25) is 0 Å². The van der Waals surface area contributed by atoms with Gasteiger partial charge in [-0.2, -0.15) is 0 Å². The monoisotopic (exact) mass is 311 g/mol. The van der Waals surface area contributed by atoms with Gasteiger partial charge in [0.05, 0.1) is 5.69 Å². The molecule has 100 valence electrons. The number of hydrogen-bond donors (Lipinski definition) is 1. The number of nitrogens with one attached hydrogen (secondary N) is 1. The van der Waals surface area contributed by atoms with E-state index < -0.39 is 0 Å². The third kappa shape index (κ3) is 4.04. The summed E-state index contributed by atoms with van der Waals surface area (Å²) in [5, 5.41) is 3.43. The molecule has 0 radical (unpaired) electrons. The van der Waals surface area contributed by atoms with Gasteiger partial charge in [0, 0.05) is 23.3 Å². The van der Waals surface area contributed by atoms with Gasteiger partial charge in [0.25, 0.3) is 0 Å². The van der Waals surface area contributed by atoms with E-state index in [1.165, 1.54) is 31.5 Å². The minimum absolute atomic E-state index is 0.719. The van der Waals surface area contributed by atoms with Crippen LogP contribution in [-0.2, 0) is 6.54 Å². The van der Waals surface area contributed by atoms with Gasteiger partial charge < -0.3 is 5.32 Å². The average molecular weight is 312 g/mol. The van der Waals surface area contributed by atoms with E-state index in [0.29, 0.717) is 0 Å². The van der Waals surface area contributed by atoms with E-state index in [0.717, 1.165) is 30.1 Å². The van der Waals surface area contributed by atoms with Crippen molar-refractivity contribution in [3.63, 3.8) is 0 Å². The van der Waals surface area contributed by atoms with Gasteiger partial charge in [0.15, 0.2) is 0 Å². The van der Waals surface area contributed by atoms with Gasteiger partial charge in [-0.05, 0) is 67.0 Å². The topological polar surface area (TPSA) is 28.2 Å². The molecule has 0 amide bonds. The van der Waals surface area contributed by atoms with Crippen LogP contribution in [0.5, 0.6) is 0 Å². The van der Waals surface area contributed by atoms with Crippen LogP contribution in [0.2, 0.25) is 0 Å². The standard InChI is InChI=1S/C14H22BrN3/c1-2-9-18(14-5-7-16-8-6-14)11-13-4-3-12(15)10-17-13/h3-4,10,14,16H,2,5-9,11H2,1H3. The first-order chi connectivity index (χ1) is 8.79. The van der Waals surface area contributed by atoms with Gasteiger partial charge in [-0.3, -0.25) is 9.88 Å². The molecule has 1 N–H and O–H groups in total. The van der Waals surface area contributed by atoms with Crippen molar-refractivity contribution in [1.82, 2.24) is 15.2 Å². The zero-order chi connectivity index (χ0) is 12.8. The highest BCUT2D eigenvalue weighted by molar-refractivity contribution is 9.10. The van der Waals surface area contributed by atoms with Gasteiger partial charge >= 0.3 is 0 Å². The van der Waals surface area contributed by atoms with Crippen LogP contribution in [-0.4, -0.2) is 35.6 Å². The minimum atomic E-state index is 0.719. The zero-order valence-electron chi connectivity index (χ0n) is 11.0. The first-order valence-electron chi connectivity index (χ1n) is 6.85. The Balaban J connectivity index is 1.98. The molecule has 18 heavy (non-hydrogen) atoms. The van der Waals surface area contributed by atoms with E-state index in [1.807, 2.05) is 6.20 Å². The summed E-state index contributed by atoms with van der Waals surface area (Å²) < 4.78 is 1.05. The SMILES string of the molecule is CCCN(Cc1ccc(Br)cn1)C1CCNCC1. The molecule has 1 aliphatic heterocycles. The Morgan fingerprint density at radius 2 is 2.17 bits per heavy atom. The Labute approximate surface area is 118 Å². The van der Waals surface area contributed by atoms with Crippen LogP contribution in [0.4, 0.5) is 0 Å². The van der Waals surface area contributed by atoms with Crippen molar-refractivity contribution >= 4 is 15.9 Å². The van der Waals surface area contributed by atoms with Gasteiger partial charge in [-0.25, -0.2) is 0 Å². The molecule has 0 bridgehead atoms. The molecule has 4 heteroatoms. The number of aromatic nitrogens is 1. The summed E-state index contributed by atoms with van der Waals surface area (Å²) in [5.74, 6) is 0. The molecule has 1 aromatic rings. The summed E-state index contributed by atoms with van der Waals surface area (Å²) in [6.07, 6.45) is 5.62. The summed E-state index contributed by atoms with van der Waals surface area (Å²) in [6.45, 7) is 6.70. The molecular formula is C14H22BrN3. The fourth-order valence-corrected chi connectivity index (χ4v) is 2.79. The van der Waals surface area contributed by atoms with Crippen molar-refractivity contribution in [3.05, 3.63) is 28.5 Å². The lowest BCUT2D eigenvalue weighted by atomic mass is 10.0. The van der Waals surface area contributed by atoms with E-state index in [-0.39, 0.29) is 0 Å². The summed E-state index contributed by atoms with van der Waals surface area (Å²) in [5.41, 5.74) is 1.17. The number of halogens is 1. The lowest BCUT2D eigenvalue weighted by Gasteiger charge is -2.34. The number of rotatable bonds is 5.